The number of carbonyl (C=O) groups is 2. The molecule has 0 radical (unpaired) electrons. The molecule has 0 aromatic heterocycles. The lowest BCUT2D eigenvalue weighted by Crippen LogP contribution is -2.36. The number of esters is 2. The number of hydrogen-bond donors (Lipinski definition) is 0. The molecule has 0 bridgehead atoms. The van der Waals surface area contributed by atoms with E-state index >= 15 is 0 Å². The molecule has 2 unspecified atom stereocenters. The summed E-state index contributed by atoms with van der Waals surface area (Å²) in [6.45, 7) is 29.9. The van der Waals surface area contributed by atoms with E-state index in [1.54, 1.807) is 0 Å². The van der Waals surface area contributed by atoms with Crippen molar-refractivity contribution in [1.29, 1.82) is 0 Å². The van der Waals surface area contributed by atoms with Gasteiger partial charge in [-0.25, -0.2) is 0 Å². The normalized spacial score (nSPS) is 22.3. The fourth-order valence-electron chi connectivity index (χ4n) is 7.20. The van der Waals surface area contributed by atoms with Gasteiger partial charge in [0.25, 0.3) is 0 Å². The number of nitrogens with zero attached hydrogens (tertiary/aromatic N) is 2. The summed E-state index contributed by atoms with van der Waals surface area (Å²) in [5, 5.41) is 0. The summed E-state index contributed by atoms with van der Waals surface area (Å²) in [5.74, 6) is 1.30. The molecule has 2 saturated heterocycles. The molecule has 2 heterocycles. The second-order valence-electron chi connectivity index (χ2n) is 17.3. The Hall–Kier alpha value is -1.14. The van der Waals surface area contributed by atoms with E-state index in [2.05, 4.69) is 79.0 Å². The average Bonchev–Trinajstić information content (AvgIpc) is 3.25. The van der Waals surface area contributed by atoms with Crippen molar-refractivity contribution in [2.45, 2.75) is 133 Å². The van der Waals surface area contributed by atoms with Gasteiger partial charge >= 0.3 is 11.9 Å². The SMILES string of the molecule is CC(C)(C)CCOC(=O)CCN1CCCC(C(C)(C)CC(C)(C)C2CCCN(CCC(=O)OCC(C)(C)C)CC2)CC1. The van der Waals surface area contributed by atoms with Crippen LogP contribution >= 0.6 is 0 Å². The van der Waals surface area contributed by atoms with Crippen molar-refractivity contribution in [2.24, 2.45) is 33.5 Å². The number of rotatable bonds is 13. The van der Waals surface area contributed by atoms with Gasteiger partial charge < -0.3 is 19.3 Å². The van der Waals surface area contributed by atoms with Crippen LogP contribution in [-0.2, 0) is 19.1 Å². The minimum Gasteiger partial charge on any atom is -0.466 e. The van der Waals surface area contributed by atoms with Gasteiger partial charge in [0.1, 0.15) is 0 Å². The monoisotopic (exact) mass is 593 g/mol. The van der Waals surface area contributed by atoms with Crippen molar-refractivity contribution >= 4 is 11.9 Å². The van der Waals surface area contributed by atoms with Gasteiger partial charge in [-0.05, 0) is 111 Å². The second kappa shape index (κ2) is 16.3. The smallest absolute Gasteiger partial charge is 0.307 e. The van der Waals surface area contributed by atoms with Crippen molar-refractivity contribution in [3.8, 4) is 0 Å². The van der Waals surface area contributed by atoms with Crippen LogP contribution in [0.1, 0.15) is 133 Å². The number of ether oxygens (including phenoxy) is 2. The second-order valence-corrected chi connectivity index (χ2v) is 17.3. The highest BCUT2D eigenvalue weighted by molar-refractivity contribution is 5.69. The maximum atomic E-state index is 12.3. The van der Waals surface area contributed by atoms with Crippen molar-refractivity contribution in [2.75, 3.05) is 52.5 Å². The highest BCUT2D eigenvalue weighted by Gasteiger charge is 2.40. The van der Waals surface area contributed by atoms with Crippen LogP contribution in [0.2, 0.25) is 0 Å². The predicted molar refractivity (Wildman–Crippen MR) is 174 cm³/mol. The Kier molecular flexibility index (Phi) is 14.3. The van der Waals surface area contributed by atoms with Gasteiger partial charge in [-0.3, -0.25) is 9.59 Å². The van der Waals surface area contributed by atoms with E-state index in [9.17, 15) is 9.59 Å². The third-order valence-electron chi connectivity index (χ3n) is 9.81. The summed E-state index contributed by atoms with van der Waals surface area (Å²) in [6, 6.07) is 0. The summed E-state index contributed by atoms with van der Waals surface area (Å²) in [7, 11) is 0. The molecule has 6 heteroatoms. The lowest BCUT2D eigenvalue weighted by atomic mass is 9.61. The van der Waals surface area contributed by atoms with Gasteiger partial charge in [-0.1, -0.05) is 69.2 Å². The molecule has 0 N–H and O–H groups in total. The summed E-state index contributed by atoms with van der Waals surface area (Å²) in [4.78, 5) is 29.5. The lowest BCUT2D eigenvalue weighted by Gasteiger charge is -2.44. The van der Waals surface area contributed by atoms with Crippen LogP contribution in [0.3, 0.4) is 0 Å². The maximum absolute atomic E-state index is 12.3. The molecular formula is C36H68N2O4. The van der Waals surface area contributed by atoms with E-state index in [1.165, 1.54) is 44.9 Å². The third kappa shape index (κ3) is 14.6. The van der Waals surface area contributed by atoms with E-state index in [4.69, 9.17) is 9.47 Å². The Morgan fingerprint density at radius 3 is 1.50 bits per heavy atom. The summed E-state index contributed by atoms with van der Waals surface area (Å²) in [5.41, 5.74) is 0.783. The molecule has 246 valence electrons. The molecule has 42 heavy (non-hydrogen) atoms. The van der Waals surface area contributed by atoms with Crippen LogP contribution in [-0.4, -0.2) is 74.2 Å². The van der Waals surface area contributed by atoms with E-state index in [0.29, 0.717) is 37.9 Å². The molecule has 2 aliphatic heterocycles. The highest BCUT2D eigenvalue weighted by Crippen LogP contribution is 2.48. The molecule has 0 amide bonds. The zero-order chi connectivity index (χ0) is 31.6. The van der Waals surface area contributed by atoms with Crippen molar-refractivity contribution < 1.29 is 19.1 Å². The molecule has 0 saturated carbocycles. The van der Waals surface area contributed by atoms with Crippen molar-refractivity contribution in [1.82, 2.24) is 9.80 Å². The third-order valence-corrected chi connectivity index (χ3v) is 9.81. The first-order chi connectivity index (χ1) is 19.4. The summed E-state index contributed by atoms with van der Waals surface area (Å²) in [6.07, 6.45) is 10.6. The van der Waals surface area contributed by atoms with Crippen LogP contribution in [0.15, 0.2) is 0 Å². The molecular weight excluding hydrogens is 524 g/mol. The van der Waals surface area contributed by atoms with Gasteiger partial charge in [0.15, 0.2) is 0 Å². The number of carbonyl (C=O) groups excluding carboxylic acids is 2. The zero-order valence-corrected chi connectivity index (χ0v) is 29.4. The van der Waals surface area contributed by atoms with Crippen LogP contribution in [0.4, 0.5) is 0 Å². The molecule has 2 rings (SSSR count). The van der Waals surface area contributed by atoms with Gasteiger partial charge in [-0.2, -0.15) is 0 Å². The first kappa shape index (κ1) is 37.0. The summed E-state index contributed by atoms with van der Waals surface area (Å²) < 4.78 is 11.0. The predicted octanol–water partition coefficient (Wildman–Crippen LogP) is 7.98. The fraction of sp³-hybridized carbons (Fsp3) is 0.944. The van der Waals surface area contributed by atoms with Crippen LogP contribution in [0.5, 0.6) is 0 Å². The first-order valence-corrected chi connectivity index (χ1v) is 17.1. The molecule has 2 atom stereocenters. The van der Waals surface area contributed by atoms with Gasteiger partial charge in [0.2, 0.25) is 0 Å². The van der Waals surface area contributed by atoms with Crippen molar-refractivity contribution in [3.63, 3.8) is 0 Å². The Labute approximate surface area is 260 Å². The summed E-state index contributed by atoms with van der Waals surface area (Å²) >= 11 is 0. The molecule has 0 spiro atoms. The Bertz CT molecular complexity index is 823. The van der Waals surface area contributed by atoms with Crippen LogP contribution in [0.25, 0.3) is 0 Å². The van der Waals surface area contributed by atoms with E-state index in [-0.39, 0.29) is 33.6 Å². The standard InChI is InChI=1S/C36H68N2O4/c1-33(2,3)19-26-41-31(39)17-24-37-20-11-13-29(15-22-37)35(7,8)27-36(9,10)30-14-12-21-38(23-16-30)25-18-32(40)42-28-34(4,5)6/h29-30H,11-28H2,1-10H3. The molecule has 2 aliphatic rings. The Morgan fingerprint density at radius 2 is 1.07 bits per heavy atom. The minimum atomic E-state index is -0.0641. The molecule has 0 aromatic rings. The van der Waals surface area contributed by atoms with Gasteiger partial charge in [0, 0.05) is 13.1 Å². The topological polar surface area (TPSA) is 59.1 Å². The quantitative estimate of drug-likeness (QED) is 0.202. The number of hydrogen-bond acceptors (Lipinski definition) is 6. The first-order valence-electron chi connectivity index (χ1n) is 17.1. The highest BCUT2D eigenvalue weighted by atomic mass is 16.5. The van der Waals surface area contributed by atoms with E-state index in [1.807, 2.05) is 0 Å². The van der Waals surface area contributed by atoms with Crippen LogP contribution in [0, 0.1) is 33.5 Å². The Balaban J connectivity index is 1.79. The van der Waals surface area contributed by atoms with Gasteiger partial charge in [0.05, 0.1) is 26.1 Å². The minimum absolute atomic E-state index is 0.0163. The van der Waals surface area contributed by atoms with Crippen LogP contribution < -0.4 is 0 Å². The van der Waals surface area contributed by atoms with Gasteiger partial charge in [-0.15, -0.1) is 0 Å². The maximum Gasteiger partial charge on any atom is 0.307 e. The molecule has 6 nitrogen and oxygen atoms in total. The van der Waals surface area contributed by atoms with E-state index < -0.39 is 0 Å². The number of likely N-dealkylation sites (tertiary alicyclic amines) is 2. The fourth-order valence-corrected chi connectivity index (χ4v) is 7.20. The average molecular weight is 593 g/mol. The molecule has 2 fully saturated rings. The largest absolute Gasteiger partial charge is 0.466 e. The lowest BCUT2D eigenvalue weighted by molar-refractivity contribution is -0.147. The van der Waals surface area contributed by atoms with Crippen molar-refractivity contribution in [3.05, 3.63) is 0 Å². The molecule has 0 aliphatic carbocycles. The zero-order valence-electron chi connectivity index (χ0n) is 29.4. The Morgan fingerprint density at radius 1 is 0.619 bits per heavy atom. The van der Waals surface area contributed by atoms with E-state index in [0.717, 1.165) is 45.7 Å². The molecule has 0 aromatic carbocycles.